The highest BCUT2D eigenvalue weighted by Gasteiger charge is 2.25. The van der Waals surface area contributed by atoms with E-state index in [1.807, 2.05) is 0 Å². The van der Waals surface area contributed by atoms with Crippen LogP contribution in [0.15, 0.2) is 12.1 Å². The van der Waals surface area contributed by atoms with Crippen LogP contribution in [0.3, 0.4) is 0 Å². The number of aromatic nitrogens is 1. The van der Waals surface area contributed by atoms with E-state index in [9.17, 15) is 4.79 Å². The molecule has 0 saturated heterocycles. The minimum Gasteiger partial charge on any atom is -0.347 e. The van der Waals surface area contributed by atoms with E-state index in [2.05, 4.69) is 37.6 Å². The van der Waals surface area contributed by atoms with Gasteiger partial charge in [-0.1, -0.05) is 12.1 Å². The molecule has 2 heteroatoms. The quantitative estimate of drug-likeness (QED) is 0.676. The normalized spacial score (nSPS) is 15.4. The highest BCUT2D eigenvalue weighted by Crippen LogP contribution is 2.34. The van der Waals surface area contributed by atoms with E-state index in [4.69, 9.17) is 0 Å². The van der Waals surface area contributed by atoms with Crippen molar-refractivity contribution in [3.05, 3.63) is 34.5 Å². The molecule has 0 bridgehead atoms. The van der Waals surface area contributed by atoms with Crippen molar-refractivity contribution in [1.82, 2.24) is 4.57 Å². The minimum atomic E-state index is 0.325. The first kappa shape index (κ1) is 10.6. The fourth-order valence-corrected chi connectivity index (χ4v) is 3.13. The maximum Gasteiger partial charge on any atom is 0.165 e. The number of carbonyl (C=O) groups is 1. The van der Waals surface area contributed by atoms with Gasteiger partial charge in [-0.25, -0.2) is 0 Å². The van der Waals surface area contributed by atoms with Crippen molar-refractivity contribution in [1.29, 1.82) is 0 Å². The monoisotopic (exact) mass is 227 g/mol. The lowest BCUT2D eigenvalue weighted by Gasteiger charge is -2.12. The van der Waals surface area contributed by atoms with Crippen molar-refractivity contribution in [3.8, 4) is 0 Å². The number of nitrogens with zero attached hydrogens (tertiary/aromatic N) is 1. The highest BCUT2D eigenvalue weighted by atomic mass is 16.1. The van der Waals surface area contributed by atoms with Crippen LogP contribution in [-0.2, 0) is 13.5 Å². The number of aryl methyl sites for hydroxylation is 3. The third-order valence-corrected chi connectivity index (χ3v) is 3.96. The molecule has 1 aliphatic rings. The van der Waals surface area contributed by atoms with Crippen LogP contribution in [0.4, 0.5) is 0 Å². The Labute approximate surface area is 101 Å². The summed E-state index contributed by atoms with van der Waals surface area (Å²) in [7, 11) is 2.09. The molecule has 0 spiro atoms. The van der Waals surface area contributed by atoms with Gasteiger partial charge in [0.15, 0.2) is 5.78 Å². The van der Waals surface area contributed by atoms with Gasteiger partial charge in [-0.2, -0.15) is 0 Å². The molecule has 1 heterocycles. The number of carbonyl (C=O) groups excluding carboxylic acids is 1. The van der Waals surface area contributed by atoms with E-state index in [1.54, 1.807) is 0 Å². The zero-order valence-corrected chi connectivity index (χ0v) is 10.6. The highest BCUT2D eigenvalue weighted by molar-refractivity contribution is 6.11. The van der Waals surface area contributed by atoms with Gasteiger partial charge in [0.05, 0.1) is 5.52 Å². The third-order valence-electron chi connectivity index (χ3n) is 3.96. The molecular formula is C15H17NO. The maximum atomic E-state index is 12.2. The maximum absolute atomic E-state index is 12.2. The number of rotatable bonds is 0. The molecule has 0 radical (unpaired) electrons. The predicted octanol–water partition coefficient (Wildman–Crippen LogP) is 3.31. The number of fused-ring (bicyclic) bond motifs is 3. The molecule has 0 unspecified atom stereocenters. The standard InChI is InChI=1S/C15H17NO/c1-9-7-8-10(2)15-13(9)14-11(16(15)3)5-4-6-12(14)17/h7-8H,4-6H2,1-3H3. The van der Waals surface area contributed by atoms with Gasteiger partial charge in [0.1, 0.15) is 0 Å². The van der Waals surface area contributed by atoms with Gasteiger partial charge in [-0.15, -0.1) is 0 Å². The number of hydrogen-bond acceptors (Lipinski definition) is 1. The molecule has 0 N–H and O–H groups in total. The lowest BCUT2D eigenvalue weighted by molar-refractivity contribution is 0.0973. The van der Waals surface area contributed by atoms with Crippen LogP contribution in [0.2, 0.25) is 0 Å². The summed E-state index contributed by atoms with van der Waals surface area (Å²) < 4.78 is 2.23. The second kappa shape index (κ2) is 3.46. The Hall–Kier alpha value is -1.57. The van der Waals surface area contributed by atoms with Crippen LogP contribution in [0, 0.1) is 13.8 Å². The molecule has 2 aromatic rings. The van der Waals surface area contributed by atoms with Gasteiger partial charge in [0, 0.05) is 30.1 Å². The van der Waals surface area contributed by atoms with Gasteiger partial charge in [-0.05, 0) is 37.8 Å². The molecule has 0 saturated carbocycles. The van der Waals surface area contributed by atoms with E-state index in [0.717, 1.165) is 18.4 Å². The summed E-state index contributed by atoms with van der Waals surface area (Å²) in [5.74, 6) is 0.325. The average molecular weight is 227 g/mol. The Morgan fingerprint density at radius 3 is 2.59 bits per heavy atom. The van der Waals surface area contributed by atoms with Gasteiger partial charge in [0.2, 0.25) is 0 Å². The van der Waals surface area contributed by atoms with Gasteiger partial charge >= 0.3 is 0 Å². The summed E-state index contributed by atoms with van der Waals surface area (Å²) >= 11 is 0. The Bertz CT molecular complexity index is 634. The van der Waals surface area contributed by atoms with Crippen LogP contribution in [0.25, 0.3) is 10.9 Å². The van der Waals surface area contributed by atoms with Crippen molar-refractivity contribution in [2.75, 3.05) is 0 Å². The van der Waals surface area contributed by atoms with Crippen molar-refractivity contribution < 1.29 is 4.79 Å². The minimum absolute atomic E-state index is 0.325. The van der Waals surface area contributed by atoms with Crippen molar-refractivity contribution in [2.45, 2.75) is 33.1 Å². The molecule has 2 nitrogen and oxygen atoms in total. The second-order valence-electron chi connectivity index (χ2n) is 5.08. The molecule has 88 valence electrons. The molecule has 0 amide bonds. The summed E-state index contributed by atoms with van der Waals surface area (Å²) in [6.07, 6.45) is 2.73. The van der Waals surface area contributed by atoms with Crippen molar-refractivity contribution >= 4 is 16.7 Å². The van der Waals surface area contributed by atoms with Crippen LogP contribution in [0.5, 0.6) is 0 Å². The van der Waals surface area contributed by atoms with E-state index in [0.29, 0.717) is 12.2 Å². The first-order valence-electron chi connectivity index (χ1n) is 6.22. The van der Waals surface area contributed by atoms with Crippen LogP contribution < -0.4 is 0 Å². The van der Waals surface area contributed by atoms with Crippen LogP contribution in [-0.4, -0.2) is 10.4 Å². The van der Waals surface area contributed by atoms with Gasteiger partial charge < -0.3 is 4.57 Å². The molecule has 1 aromatic heterocycles. The predicted molar refractivity (Wildman–Crippen MR) is 69.7 cm³/mol. The fourth-order valence-electron chi connectivity index (χ4n) is 3.13. The van der Waals surface area contributed by atoms with E-state index in [-0.39, 0.29) is 0 Å². The topological polar surface area (TPSA) is 22.0 Å². The SMILES string of the molecule is Cc1ccc(C)c2c1c1c(n2C)CCCC1=O. The van der Waals surface area contributed by atoms with E-state index < -0.39 is 0 Å². The Morgan fingerprint density at radius 1 is 1.12 bits per heavy atom. The molecule has 0 aliphatic heterocycles. The molecule has 1 aliphatic carbocycles. The van der Waals surface area contributed by atoms with E-state index in [1.165, 1.54) is 27.7 Å². The van der Waals surface area contributed by atoms with Crippen molar-refractivity contribution in [3.63, 3.8) is 0 Å². The molecule has 0 fully saturated rings. The average Bonchev–Trinajstić information content (AvgIpc) is 2.61. The van der Waals surface area contributed by atoms with E-state index >= 15 is 0 Å². The molecular weight excluding hydrogens is 210 g/mol. The zero-order chi connectivity index (χ0) is 12.2. The van der Waals surface area contributed by atoms with Crippen molar-refractivity contribution in [2.24, 2.45) is 7.05 Å². The van der Waals surface area contributed by atoms with Gasteiger partial charge in [-0.3, -0.25) is 4.79 Å². The molecule has 0 atom stereocenters. The Balaban J connectivity index is 2.54. The Morgan fingerprint density at radius 2 is 1.82 bits per heavy atom. The molecule has 17 heavy (non-hydrogen) atoms. The second-order valence-corrected chi connectivity index (χ2v) is 5.08. The summed E-state index contributed by atoms with van der Waals surface area (Å²) in [6, 6.07) is 4.27. The number of hydrogen-bond donors (Lipinski definition) is 0. The van der Waals surface area contributed by atoms with Crippen LogP contribution in [0.1, 0.15) is 40.0 Å². The lowest BCUT2D eigenvalue weighted by Crippen LogP contribution is -2.11. The molecule has 3 rings (SSSR count). The lowest BCUT2D eigenvalue weighted by atomic mass is 9.92. The third kappa shape index (κ3) is 1.30. The first-order valence-corrected chi connectivity index (χ1v) is 6.22. The van der Waals surface area contributed by atoms with Gasteiger partial charge in [0.25, 0.3) is 0 Å². The summed E-state index contributed by atoms with van der Waals surface area (Å²) in [4.78, 5) is 12.2. The summed E-state index contributed by atoms with van der Waals surface area (Å²) in [6.45, 7) is 4.22. The summed E-state index contributed by atoms with van der Waals surface area (Å²) in [5.41, 5.74) is 5.95. The first-order chi connectivity index (χ1) is 8.11. The van der Waals surface area contributed by atoms with Crippen LogP contribution >= 0.6 is 0 Å². The number of Topliss-reactive ketones (excluding diaryl/α,β-unsaturated/α-hetero) is 1. The smallest absolute Gasteiger partial charge is 0.165 e. The largest absolute Gasteiger partial charge is 0.347 e. The number of ketones is 1. The Kier molecular flexibility index (Phi) is 2.15. The fraction of sp³-hybridized carbons (Fsp3) is 0.400. The summed E-state index contributed by atoms with van der Waals surface area (Å²) in [5, 5.41) is 1.19. The number of benzene rings is 1. The molecule has 1 aromatic carbocycles. The zero-order valence-electron chi connectivity index (χ0n) is 10.6.